The first-order valence-electron chi connectivity index (χ1n) is 11.1. The summed E-state index contributed by atoms with van der Waals surface area (Å²) >= 11 is 5.94. The van der Waals surface area contributed by atoms with Gasteiger partial charge in [-0.15, -0.1) is 0 Å². The summed E-state index contributed by atoms with van der Waals surface area (Å²) in [6.07, 6.45) is 7.29. The number of aliphatic hydroxyl groups is 1. The number of nitroso groups, excluding NO2 is 1. The van der Waals surface area contributed by atoms with E-state index in [1.807, 2.05) is 60.7 Å². The van der Waals surface area contributed by atoms with E-state index >= 15 is 0 Å². The van der Waals surface area contributed by atoms with Gasteiger partial charge in [0.15, 0.2) is 0 Å². The Hall–Kier alpha value is -3.37. The van der Waals surface area contributed by atoms with Crippen LogP contribution in [0.2, 0.25) is 5.02 Å². The molecule has 1 saturated heterocycles. The molecule has 1 aliphatic rings. The molecule has 1 aliphatic heterocycles. The van der Waals surface area contributed by atoms with Crippen molar-refractivity contribution >= 4 is 17.7 Å². The van der Waals surface area contributed by atoms with E-state index in [4.69, 9.17) is 11.6 Å². The summed E-state index contributed by atoms with van der Waals surface area (Å²) in [6, 6.07) is 15.4. The molecule has 1 aromatic carbocycles. The number of β-amino-alcohol motifs (C(OH)–C–C–N with tert-alkyl or cyclic N) is 1. The molecular formula is C27H25ClN4O2. The Morgan fingerprint density at radius 2 is 1.91 bits per heavy atom. The Labute approximate surface area is 204 Å². The second-order valence-corrected chi connectivity index (χ2v) is 8.97. The second kappa shape index (κ2) is 10.7. The topological polar surface area (TPSA) is 78.7 Å². The van der Waals surface area contributed by atoms with Crippen LogP contribution in [0.5, 0.6) is 0 Å². The van der Waals surface area contributed by atoms with Crippen LogP contribution in [0.15, 0.2) is 72.2 Å². The average molecular weight is 473 g/mol. The maximum Gasteiger partial charge on any atom is 0.128 e. The third kappa shape index (κ3) is 5.95. The van der Waals surface area contributed by atoms with Gasteiger partial charge in [-0.05, 0) is 61.2 Å². The van der Waals surface area contributed by atoms with Gasteiger partial charge >= 0.3 is 0 Å². The number of halogens is 1. The van der Waals surface area contributed by atoms with Gasteiger partial charge in [0.2, 0.25) is 0 Å². The monoisotopic (exact) mass is 472 g/mol. The number of likely N-dealkylation sites (tertiary alicyclic amines) is 1. The van der Waals surface area contributed by atoms with Crippen molar-refractivity contribution in [1.82, 2.24) is 14.9 Å². The first kappa shape index (κ1) is 23.8. The van der Waals surface area contributed by atoms with E-state index in [1.165, 1.54) is 0 Å². The normalized spacial score (nSPS) is 20.6. The fourth-order valence-electron chi connectivity index (χ4n) is 3.67. The Morgan fingerprint density at radius 3 is 2.56 bits per heavy atom. The number of aliphatic hydroxyl groups excluding tert-OH is 1. The quantitative estimate of drug-likeness (QED) is 0.426. The molecular weight excluding hydrogens is 448 g/mol. The molecule has 0 aliphatic carbocycles. The number of nitrogens with zero attached hydrogens (tertiary/aromatic N) is 4. The van der Waals surface area contributed by atoms with E-state index in [2.05, 4.69) is 31.9 Å². The van der Waals surface area contributed by atoms with Gasteiger partial charge in [0, 0.05) is 48.2 Å². The van der Waals surface area contributed by atoms with Gasteiger partial charge in [0.25, 0.3) is 0 Å². The standard InChI is InChI=1S/C27H25ClN4O2/c1-27(31-34)14-16-32(19-26(27)33)15-2-3-24-11-4-20(17-29-24)5-12-25-13-8-22(18-30-25)21-6-9-23(28)10-7-21/h2-4,6-11,13,17-18,26,33H,14-16,19H2,1H3/b3-2+/t26?,27-/m1/s1. The molecule has 0 saturated carbocycles. The molecule has 1 unspecified atom stereocenters. The smallest absolute Gasteiger partial charge is 0.128 e. The van der Waals surface area contributed by atoms with Crippen LogP contribution >= 0.6 is 11.6 Å². The zero-order valence-corrected chi connectivity index (χ0v) is 19.6. The Bertz CT molecular complexity index is 1210. The summed E-state index contributed by atoms with van der Waals surface area (Å²) in [5, 5.41) is 14.0. The van der Waals surface area contributed by atoms with Crippen molar-refractivity contribution in [3.05, 3.63) is 93.9 Å². The maximum atomic E-state index is 11.0. The van der Waals surface area contributed by atoms with Crippen molar-refractivity contribution in [2.45, 2.75) is 25.0 Å². The molecule has 172 valence electrons. The van der Waals surface area contributed by atoms with E-state index in [1.54, 1.807) is 19.3 Å². The highest BCUT2D eigenvalue weighted by atomic mass is 35.5. The van der Waals surface area contributed by atoms with Gasteiger partial charge in [-0.1, -0.05) is 47.0 Å². The lowest BCUT2D eigenvalue weighted by Gasteiger charge is -2.38. The minimum absolute atomic E-state index is 0.434. The summed E-state index contributed by atoms with van der Waals surface area (Å²) in [7, 11) is 0. The van der Waals surface area contributed by atoms with Crippen molar-refractivity contribution in [3.8, 4) is 23.0 Å². The van der Waals surface area contributed by atoms with Crippen LogP contribution in [0, 0.1) is 16.7 Å². The average Bonchev–Trinajstić information content (AvgIpc) is 2.86. The Balaban J connectivity index is 1.31. The third-order valence-corrected chi connectivity index (χ3v) is 6.26. The lowest BCUT2D eigenvalue weighted by Crippen LogP contribution is -2.52. The fraction of sp³-hybridized carbons (Fsp3) is 0.259. The van der Waals surface area contributed by atoms with Gasteiger partial charge in [0.1, 0.15) is 11.2 Å². The van der Waals surface area contributed by atoms with Crippen LogP contribution in [0.3, 0.4) is 0 Å². The van der Waals surface area contributed by atoms with Crippen LogP contribution < -0.4 is 0 Å². The van der Waals surface area contributed by atoms with Crippen molar-refractivity contribution in [2.24, 2.45) is 5.18 Å². The van der Waals surface area contributed by atoms with E-state index in [-0.39, 0.29) is 0 Å². The van der Waals surface area contributed by atoms with Crippen LogP contribution in [-0.4, -0.2) is 51.3 Å². The molecule has 1 fully saturated rings. The first-order chi connectivity index (χ1) is 16.4. The molecule has 3 heterocycles. The van der Waals surface area contributed by atoms with E-state index in [0.29, 0.717) is 30.2 Å². The number of benzene rings is 1. The maximum absolute atomic E-state index is 11.0. The summed E-state index contributed by atoms with van der Waals surface area (Å²) in [6.45, 7) is 3.54. The fourth-order valence-corrected chi connectivity index (χ4v) is 3.80. The molecule has 0 radical (unpaired) electrons. The van der Waals surface area contributed by atoms with Gasteiger partial charge < -0.3 is 5.11 Å². The zero-order valence-electron chi connectivity index (χ0n) is 18.9. The van der Waals surface area contributed by atoms with Crippen LogP contribution in [0.4, 0.5) is 0 Å². The minimum Gasteiger partial charge on any atom is -0.389 e. The third-order valence-electron chi connectivity index (χ3n) is 6.01. The molecule has 2 aromatic heterocycles. The highest BCUT2D eigenvalue weighted by Crippen LogP contribution is 2.26. The van der Waals surface area contributed by atoms with E-state index in [0.717, 1.165) is 28.9 Å². The van der Waals surface area contributed by atoms with Crippen LogP contribution in [0.1, 0.15) is 30.3 Å². The summed E-state index contributed by atoms with van der Waals surface area (Å²) in [5.74, 6) is 6.16. The van der Waals surface area contributed by atoms with Crippen LogP contribution in [-0.2, 0) is 0 Å². The number of rotatable bonds is 5. The van der Waals surface area contributed by atoms with Gasteiger partial charge in [-0.3, -0.25) is 9.88 Å². The van der Waals surface area contributed by atoms with Crippen molar-refractivity contribution in [3.63, 3.8) is 0 Å². The minimum atomic E-state index is -0.882. The Morgan fingerprint density at radius 1 is 1.12 bits per heavy atom. The highest BCUT2D eigenvalue weighted by Gasteiger charge is 2.39. The van der Waals surface area contributed by atoms with Gasteiger partial charge in [-0.2, -0.15) is 4.91 Å². The number of hydrogen-bond donors (Lipinski definition) is 1. The molecule has 1 N–H and O–H groups in total. The van der Waals surface area contributed by atoms with Crippen molar-refractivity contribution in [1.29, 1.82) is 0 Å². The molecule has 3 aromatic rings. The Kier molecular flexibility index (Phi) is 7.49. The molecule has 0 amide bonds. The molecule has 34 heavy (non-hydrogen) atoms. The summed E-state index contributed by atoms with van der Waals surface area (Å²) in [5.41, 5.74) is 3.50. The van der Waals surface area contributed by atoms with E-state index in [9.17, 15) is 10.0 Å². The predicted octanol–water partition coefficient (Wildman–Crippen LogP) is 4.80. The predicted molar refractivity (Wildman–Crippen MR) is 135 cm³/mol. The first-order valence-corrected chi connectivity index (χ1v) is 11.4. The number of hydrogen-bond acceptors (Lipinski definition) is 6. The lowest BCUT2D eigenvalue weighted by molar-refractivity contribution is 0.0168. The lowest BCUT2D eigenvalue weighted by atomic mass is 9.88. The van der Waals surface area contributed by atoms with Gasteiger partial charge in [-0.25, -0.2) is 4.98 Å². The molecule has 4 rings (SSSR count). The SMILES string of the molecule is C[C@@]1(N=O)CCN(C/C=C/c2ccc(C#Cc3ccc(-c4ccc(Cl)cc4)cn3)cn2)CC1O. The zero-order chi connectivity index (χ0) is 24.0. The van der Waals surface area contributed by atoms with Crippen LogP contribution in [0.25, 0.3) is 17.2 Å². The molecule has 0 bridgehead atoms. The summed E-state index contributed by atoms with van der Waals surface area (Å²) < 4.78 is 0. The molecule has 6 nitrogen and oxygen atoms in total. The van der Waals surface area contributed by atoms with Crippen molar-refractivity contribution in [2.75, 3.05) is 19.6 Å². The molecule has 0 spiro atoms. The van der Waals surface area contributed by atoms with Crippen molar-refractivity contribution < 1.29 is 5.11 Å². The van der Waals surface area contributed by atoms with Gasteiger partial charge in [0.05, 0.1) is 11.8 Å². The molecule has 2 atom stereocenters. The van der Waals surface area contributed by atoms with E-state index < -0.39 is 11.6 Å². The summed E-state index contributed by atoms with van der Waals surface area (Å²) in [4.78, 5) is 21.9. The number of pyridine rings is 2. The molecule has 7 heteroatoms. The highest BCUT2D eigenvalue weighted by molar-refractivity contribution is 6.30. The number of piperidine rings is 1. The largest absolute Gasteiger partial charge is 0.389 e. The number of aromatic nitrogens is 2. The second-order valence-electron chi connectivity index (χ2n) is 8.54.